The van der Waals surface area contributed by atoms with E-state index >= 15 is 0 Å². The average molecular weight is 431 g/mol. The number of hydrogen-bond donors (Lipinski definition) is 1. The van der Waals surface area contributed by atoms with E-state index in [-0.39, 0.29) is 11.3 Å². The number of carbonyl (C=O) groups excluding carboxylic acids is 2. The molecule has 1 aliphatic rings. The Balaban J connectivity index is 1.73. The van der Waals surface area contributed by atoms with Gasteiger partial charge in [-0.2, -0.15) is 0 Å². The number of Topliss-reactive ketones (excluding diaryl/α,β-unsaturated/α-hetero) is 1. The Morgan fingerprint density at radius 2 is 1.75 bits per heavy atom. The third-order valence-corrected chi connectivity index (χ3v) is 5.49. The largest absolute Gasteiger partial charge is 0.507 e. The van der Waals surface area contributed by atoms with Crippen molar-refractivity contribution in [2.75, 3.05) is 13.2 Å². The van der Waals surface area contributed by atoms with Crippen molar-refractivity contribution < 1.29 is 23.8 Å². The highest BCUT2D eigenvalue weighted by Crippen LogP contribution is 2.40. The minimum absolute atomic E-state index is 0.0292. The first-order valence-electron chi connectivity index (χ1n) is 10.6. The van der Waals surface area contributed by atoms with Gasteiger partial charge in [-0.1, -0.05) is 30.3 Å². The first-order chi connectivity index (χ1) is 15.5. The molecule has 0 unspecified atom stereocenters. The minimum atomic E-state index is -0.793. The van der Waals surface area contributed by atoms with E-state index in [1.165, 1.54) is 4.90 Å². The standard InChI is InChI=1S/C26H25NO5/c1-3-31-20-12-10-19(11-13-20)24(28)22-23(21-14-9-17(2)32-21)27(26(30)25(22)29)16-15-18-7-5-4-6-8-18/h4-14,23,28H,3,15-16H2,1-2H3/t23-/m1/s1. The molecule has 4 rings (SSSR count). The molecule has 0 spiro atoms. The van der Waals surface area contributed by atoms with Gasteiger partial charge in [0.1, 0.15) is 29.1 Å². The van der Waals surface area contributed by atoms with Crippen molar-refractivity contribution in [2.24, 2.45) is 0 Å². The lowest BCUT2D eigenvalue weighted by Crippen LogP contribution is -2.31. The predicted molar refractivity (Wildman–Crippen MR) is 120 cm³/mol. The topological polar surface area (TPSA) is 80.0 Å². The van der Waals surface area contributed by atoms with Crippen molar-refractivity contribution >= 4 is 17.4 Å². The smallest absolute Gasteiger partial charge is 0.295 e. The lowest BCUT2D eigenvalue weighted by Gasteiger charge is -2.23. The fraction of sp³-hybridized carbons (Fsp3) is 0.231. The number of benzene rings is 2. The lowest BCUT2D eigenvalue weighted by atomic mass is 9.99. The summed E-state index contributed by atoms with van der Waals surface area (Å²) < 4.78 is 11.2. The van der Waals surface area contributed by atoms with Gasteiger partial charge in [-0.05, 0) is 62.2 Å². The summed E-state index contributed by atoms with van der Waals surface area (Å²) in [6.07, 6.45) is 0.577. The highest BCUT2D eigenvalue weighted by Gasteiger charge is 2.47. The van der Waals surface area contributed by atoms with E-state index in [9.17, 15) is 14.7 Å². The Kier molecular flexibility index (Phi) is 6.12. The number of aliphatic hydroxyl groups excluding tert-OH is 1. The molecule has 1 aliphatic heterocycles. The molecule has 1 fully saturated rings. The molecule has 1 atom stereocenters. The van der Waals surface area contributed by atoms with Gasteiger partial charge in [-0.15, -0.1) is 0 Å². The number of carbonyl (C=O) groups is 2. The highest BCUT2D eigenvalue weighted by atomic mass is 16.5. The maximum Gasteiger partial charge on any atom is 0.295 e. The number of amides is 1. The second kappa shape index (κ2) is 9.14. The molecule has 1 aromatic heterocycles. The van der Waals surface area contributed by atoms with Crippen LogP contribution in [0.5, 0.6) is 5.75 Å². The van der Waals surface area contributed by atoms with Crippen molar-refractivity contribution in [3.05, 3.63) is 95.0 Å². The number of furan rings is 1. The number of likely N-dealkylation sites (tertiary alicyclic amines) is 1. The van der Waals surface area contributed by atoms with Crippen LogP contribution >= 0.6 is 0 Å². The average Bonchev–Trinajstić information content (AvgIpc) is 3.34. The number of ether oxygens (including phenoxy) is 1. The van der Waals surface area contributed by atoms with Crippen molar-refractivity contribution in [3.8, 4) is 5.75 Å². The molecule has 2 heterocycles. The quantitative estimate of drug-likeness (QED) is 0.335. The van der Waals surface area contributed by atoms with Gasteiger partial charge in [-0.3, -0.25) is 9.59 Å². The molecule has 0 aliphatic carbocycles. The molecule has 0 radical (unpaired) electrons. The van der Waals surface area contributed by atoms with E-state index < -0.39 is 17.7 Å². The van der Waals surface area contributed by atoms with Crippen molar-refractivity contribution in [1.29, 1.82) is 0 Å². The Labute approximate surface area is 186 Å². The van der Waals surface area contributed by atoms with E-state index in [0.717, 1.165) is 5.56 Å². The van der Waals surface area contributed by atoms with Crippen LogP contribution in [0.1, 0.15) is 35.6 Å². The van der Waals surface area contributed by atoms with Crippen LogP contribution in [0.4, 0.5) is 0 Å². The first kappa shape index (κ1) is 21.4. The van der Waals surface area contributed by atoms with Crippen LogP contribution in [0.25, 0.3) is 5.76 Å². The van der Waals surface area contributed by atoms with Crippen LogP contribution in [0, 0.1) is 6.92 Å². The lowest BCUT2D eigenvalue weighted by molar-refractivity contribution is -0.140. The summed E-state index contributed by atoms with van der Waals surface area (Å²) >= 11 is 0. The highest BCUT2D eigenvalue weighted by molar-refractivity contribution is 6.46. The zero-order valence-corrected chi connectivity index (χ0v) is 18.1. The third kappa shape index (κ3) is 4.17. The van der Waals surface area contributed by atoms with E-state index in [1.807, 2.05) is 37.3 Å². The summed E-state index contributed by atoms with van der Waals surface area (Å²) in [5.41, 5.74) is 1.51. The number of aryl methyl sites for hydroxylation is 1. The molecule has 1 amide bonds. The molecular formula is C26H25NO5. The summed E-state index contributed by atoms with van der Waals surface area (Å²) in [6, 6.07) is 19.3. The van der Waals surface area contributed by atoms with Crippen molar-refractivity contribution in [1.82, 2.24) is 4.90 Å². The van der Waals surface area contributed by atoms with Gasteiger partial charge >= 0.3 is 0 Å². The van der Waals surface area contributed by atoms with Gasteiger partial charge in [0.25, 0.3) is 11.7 Å². The second-order valence-electron chi connectivity index (χ2n) is 7.63. The van der Waals surface area contributed by atoms with E-state index in [4.69, 9.17) is 9.15 Å². The van der Waals surface area contributed by atoms with Crippen LogP contribution in [0.15, 0.2) is 76.7 Å². The summed E-state index contributed by atoms with van der Waals surface area (Å²) in [5, 5.41) is 11.1. The summed E-state index contributed by atoms with van der Waals surface area (Å²) in [7, 11) is 0. The van der Waals surface area contributed by atoms with Gasteiger partial charge in [0.05, 0.1) is 12.2 Å². The fourth-order valence-corrected chi connectivity index (χ4v) is 3.93. The van der Waals surface area contributed by atoms with Crippen LogP contribution in [-0.2, 0) is 16.0 Å². The number of hydrogen-bond acceptors (Lipinski definition) is 5. The maximum atomic E-state index is 13.0. The monoisotopic (exact) mass is 431 g/mol. The fourth-order valence-electron chi connectivity index (χ4n) is 3.93. The van der Waals surface area contributed by atoms with Crippen LogP contribution in [0.2, 0.25) is 0 Å². The molecule has 0 saturated carbocycles. The zero-order valence-electron chi connectivity index (χ0n) is 18.1. The molecular weight excluding hydrogens is 406 g/mol. The summed E-state index contributed by atoms with van der Waals surface area (Å²) in [6.45, 7) is 4.52. The first-order valence-corrected chi connectivity index (χ1v) is 10.6. The number of nitrogens with zero attached hydrogens (tertiary/aromatic N) is 1. The number of aliphatic hydroxyl groups is 1. The number of rotatable bonds is 7. The SMILES string of the molecule is CCOc1ccc(C(O)=C2C(=O)C(=O)N(CCc3ccccc3)[C@@H]2c2ccc(C)o2)cc1. The normalized spacial score (nSPS) is 17.7. The molecule has 164 valence electrons. The molecule has 1 saturated heterocycles. The molecule has 6 nitrogen and oxygen atoms in total. The Morgan fingerprint density at radius 1 is 1.03 bits per heavy atom. The van der Waals surface area contributed by atoms with Crippen LogP contribution in [-0.4, -0.2) is 34.8 Å². The summed E-state index contributed by atoms with van der Waals surface area (Å²) in [4.78, 5) is 27.5. The second-order valence-corrected chi connectivity index (χ2v) is 7.63. The van der Waals surface area contributed by atoms with Gasteiger partial charge in [0, 0.05) is 12.1 Å². The Morgan fingerprint density at radius 3 is 2.38 bits per heavy atom. The molecule has 0 bridgehead atoms. The van der Waals surface area contributed by atoms with Crippen LogP contribution < -0.4 is 4.74 Å². The third-order valence-electron chi connectivity index (χ3n) is 5.49. The molecule has 32 heavy (non-hydrogen) atoms. The van der Waals surface area contributed by atoms with E-state index in [2.05, 4.69) is 0 Å². The molecule has 6 heteroatoms. The molecule has 2 aromatic carbocycles. The Bertz CT molecular complexity index is 1140. The van der Waals surface area contributed by atoms with Gasteiger partial charge in [0.15, 0.2) is 0 Å². The van der Waals surface area contributed by atoms with Gasteiger partial charge < -0.3 is 19.2 Å². The summed E-state index contributed by atoms with van der Waals surface area (Å²) in [5.74, 6) is 0.172. The van der Waals surface area contributed by atoms with Crippen molar-refractivity contribution in [2.45, 2.75) is 26.3 Å². The minimum Gasteiger partial charge on any atom is -0.507 e. The van der Waals surface area contributed by atoms with Crippen LogP contribution in [0.3, 0.4) is 0 Å². The van der Waals surface area contributed by atoms with Gasteiger partial charge in [0.2, 0.25) is 0 Å². The predicted octanol–water partition coefficient (Wildman–Crippen LogP) is 4.65. The Hall–Kier alpha value is -3.80. The van der Waals surface area contributed by atoms with E-state index in [0.29, 0.717) is 42.4 Å². The van der Waals surface area contributed by atoms with E-state index in [1.54, 1.807) is 43.3 Å². The maximum absolute atomic E-state index is 13.0. The molecule has 3 aromatic rings. The molecule has 1 N–H and O–H groups in total. The number of ketones is 1. The van der Waals surface area contributed by atoms with Crippen molar-refractivity contribution in [3.63, 3.8) is 0 Å². The van der Waals surface area contributed by atoms with Gasteiger partial charge in [-0.25, -0.2) is 0 Å². The zero-order chi connectivity index (χ0) is 22.7.